The SMILES string of the molecule is Cc1ccc(N(C2CCCC2)S(=O)(=O)c2ccc3c(c2)[nH]c(=O)n3CC2CCOCC2)c(C)c1. The molecule has 7 nitrogen and oxygen atoms in total. The third-order valence-corrected chi connectivity index (χ3v) is 9.19. The number of aromatic nitrogens is 2. The molecule has 0 spiro atoms. The lowest BCUT2D eigenvalue weighted by Crippen LogP contribution is -2.39. The number of aromatic amines is 1. The molecule has 2 fully saturated rings. The molecule has 1 aliphatic heterocycles. The van der Waals surface area contributed by atoms with Crippen molar-refractivity contribution < 1.29 is 13.2 Å². The Kier molecular flexibility index (Phi) is 6.29. The smallest absolute Gasteiger partial charge is 0.326 e. The molecule has 3 aromatic rings. The summed E-state index contributed by atoms with van der Waals surface area (Å²) in [5.41, 5.74) is 3.91. The summed E-state index contributed by atoms with van der Waals surface area (Å²) in [6.07, 6.45) is 5.63. The summed E-state index contributed by atoms with van der Waals surface area (Å²) in [5.74, 6) is 0.385. The minimum absolute atomic E-state index is 0.0562. The fraction of sp³-hybridized carbons (Fsp3) is 0.500. The van der Waals surface area contributed by atoms with Crippen LogP contribution in [-0.2, 0) is 21.3 Å². The molecule has 2 aliphatic rings. The number of hydrogen-bond donors (Lipinski definition) is 1. The predicted octanol–water partition coefficient (Wildman–Crippen LogP) is 4.51. The molecule has 0 unspecified atom stereocenters. The molecule has 8 heteroatoms. The Morgan fingerprint density at radius 2 is 1.76 bits per heavy atom. The number of ether oxygens (including phenoxy) is 1. The molecule has 1 saturated heterocycles. The number of anilines is 1. The second kappa shape index (κ2) is 9.23. The Hall–Kier alpha value is -2.58. The van der Waals surface area contributed by atoms with Gasteiger partial charge < -0.3 is 9.72 Å². The minimum atomic E-state index is -3.81. The Morgan fingerprint density at radius 3 is 2.47 bits per heavy atom. The van der Waals surface area contributed by atoms with E-state index in [-0.39, 0.29) is 16.6 Å². The average molecular weight is 484 g/mol. The molecule has 1 aliphatic carbocycles. The van der Waals surface area contributed by atoms with Crippen LogP contribution in [0.3, 0.4) is 0 Å². The summed E-state index contributed by atoms with van der Waals surface area (Å²) in [5, 5.41) is 0. The van der Waals surface area contributed by atoms with Crippen LogP contribution in [0.4, 0.5) is 5.69 Å². The molecule has 5 rings (SSSR count). The topological polar surface area (TPSA) is 84.4 Å². The molecule has 0 atom stereocenters. The van der Waals surface area contributed by atoms with Crippen LogP contribution >= 0.6 is 0 Å². The molecule has 1 saturated carbocycles. The van der Waals surface area contributed by atoms with Crippen LogP contribution in [0.15, 0.2) is 46.1 Å². The zero-order valence-electron chi connectivity index (χ0n) is 19.9. The minimum Gasteiger partial charge on any atom is -0.381 e. The molecular formula is C26H33N3O4S. The number of nitrogens with zero attached hydrogens (tertiary/aromatic N) is 2. The lowest BCUT2D eigenvalue weighted by Gasteiger charge is -2.31. The van der Waals surface area contributed by atoms with Crippen molar-refractivity contribution in [3.8, 4) is 0 Å². The van der Waals surface area contributed by atoms with Crippen LogP contribution in [0.5, 0.6) is 0 Å². The second-order valence-electron chi connectivity index (χ2n) is 9.80. The fourth-order valence-corrected chi connectivity index (χ4v) is 7.30. The van der Waals surface area contributed by atoms with Crippen LogP contribution in [0.1, 0.15) is 49.7 Å². The molecule has 1 aromatic heterocycles. The maximum absolute atomic E-state index is 14.0. The van der Waals surface area contributed by atoms with Gasteiger partial charge in [0.1, 0.15) is 0 Å². The molecule has 2 heterocycles. The molecule has 182 valence electrons. The first kappa shape index (κ1) is 23.2. The molecular weight excluding hydrogens is 450 g/mol. The maximum atomic E-state index is 14.0. The highest BCUT2D eigenvalue weighted by atomic mass is 32.2. The number of sulfonamides is 1. The van der Waals surface area contributed by atoms with Gasteiger partial charge in [0, 0.05) is 25.8 Å². The van der Waals surface area contributed by atoms with Gasteiger partial charge in [-0.1, -0.05) is 30.5 Å². The largest absolute Gasteiger partial charge is 0.381 e. The summed E-state index contributed by atoms with van der Waals surface area (Å²) >= 11 is 0. The summed E-state index contributed by atoms with van der Waals surface area (Å²) in [4.78, 5) is 15.8. The van der Waals surface area contributed by atoms with Crippen LogP contribution < -0.4 is 9.99 Å². The van der Waals surface area contributed by atoms with Crippen molar-refractivity contribution in [1.29, 1.82) is 0 Å². The molecule has 1 N–H and O–H groups in total. The van der Waals surface area contributed by atoms with E-state index in [9.17, 15) is 13.2 Å². The van der Waals surface area contributed by atoms with Crippen LogP contribution in [-0.4, -0.2) is 37.2 Å². The van der Waals surface area contributed by atoms with Gasteiger partial charge in [-0.2, -0.15) is 0 Å². The average Bonchev–Trinajstić information content (AvgIpc) is 3.44. The number of hydrogen-bond acceptors (Lipinski definition) is 4. The maximum Gasteiger partial charge on any atom is 0.326 e. The Bertz CT molecular complexity index is 1350. The van der Waals surface area contributed by atoms with E-state index >= 15 is 0 Å². The van der Waals surface area contributed by atoms with Crippen LogP contribution in [0.25, 0.3) is 11.0 Å². The van der Waals surface area contributed by atoms with Gasteiger partial charge in [-0.05, 0) is 75.3 Å². The van der Waals surface area contributed by atoms with E-state index in [4.69, 9.17) is 4.74 Å². The first-order valence-corrected chi connectivity index (χ1v) is 13.7. The van der Waals surface area contributed by atoms with Crippen molar-refractivity contribution in [2.75, 3.05) is 17.5 Å². The highest BCUT2D eigenvalue weighted by Gasteiger charge is 2.34. The Balaban J connectivity index is 1.54. The third-order valence-electron chi connectivity index (χ3n) is 7.33. The lowest BCUT2D eigenvalue weighted by molar-refractivity contribution is 0.0613. The lowest BCUT2D eigenvalue weighted by atomic mass is 10.0. The number of H-pyrrole nitrogens is 1. The zero-order valence-corrected chi connectivity index (χ0v) is 20.7. The summed E-state index contributed by atoms with van der Waals surface area (Å²) in [6, 6.07) is 10.9. The van der Waals surface area contributed by atoms with Gasteiger partial charge in [-0.25, -0.2) is 13.2 Å². The molecule has 2 aromatic carbocycles. The standard InChI is InChI=1S/C26H33N3O4S/c1-18-7-9-24(19(2)15-18)29(21-5-3-4-6-21)34(31,32)22-8-10-25-23(16-22)27-26(30)28(25)17-20-11-13-33-14-12-20/h7-10,15-16,20-21H,3-6,11-14,17H2,1-2H3,(H,27,30). The fourth-order valence-electron chi connectivity index (χ4n) is 5.50. The first-order valence-electron chi connectivity index (χ1n) is 12.3. The van der Waals surface area contributed by atoms with Crippen LogP contribution in [0.2, 0.25) is 0 Å². The summed E-state index contributed by atoms with van der Waals surface area (Å²) in [6.45, 7) is 6.04. The Morgan fingerprint density at radius 1 is 1.03 bits per heavy atom. The monoisotopic (exact) mass is 483 g/mol. The summed E-state index contributed by atoms with van der Waals surface area (Å²) in [7, 11) is -3.81. The van der Waals surface area contributed by atoms with Gasteiger partial charge in [0.2, 0.25) is 0 Å². The predicted molar refractivity (Wildman–Crippen MR) is 134 cm³/mol. The van der Waals surface area contributed by atoms with Crippen molar-refractivity contribution in [2.24, 2.45) is 5.92 Å². The van der Waals surface area contributed by atoms with Crippen molar-refractivity contribution in [3.05, 3.63) is 58.0 Å². The van der Waals surface area contributed by atoms with E-state index in [1.165, 1.54) is 0 Å². The number of imidazole rings is 1. The van der Waals surface area contributed by atoms with Crippen molar-refractivity contribution in [2.45, 2.75) is 69.9 Å². The number of nitrogens with one attached hydrogen (secondary N) is 1. The van der Waals surface area contributed by atoms with E-state index < -0.39 is 10.0 Å². The van der Waals surface area contributed by atoms with Gasteiger partial charge in [-0.15, -0.1) is 0 Å². The quantitative estimate of drug-likeness (QED) is 0.559. The molecule has 0 radical (unpaired) electrons. The first-order chi connectivity index (χ1) is 16.3. The van der Waals surface area contributed by atoms with E-state index in [0.29, 0.717) is 18.0 Å². The van der Waals surface area contributed by atoms with Crippen LogP contribution in [0, 0.1) is 19.8 Å². The Labute approximate surface area is 200 Å². The molecule has 34 heavy (non-hydrogen) atoms. The number of fused-ring (bicyclic) bond motifs is 1. The van der Waals surface area contributed by atoms with Gasteiger partial charge >= 0.3 is 5.69 Å². The van der Waals surface area contributed by atoms with E-state index in [1.807, 2.05) is 32.0 Å². The normalized spacial score (nSPS) is 18.1. The van der Waals surface area contributed by atoms with Gasteiger partial charge in [-0.3, -0.25) is 8.87 Å². The van der Waals surface area contributed by atoms with E-state index in [0.717, 1.165) is 74.1 Å². The molecule has 0 bridgehead atoms. The molecule has 0 amide bonds. The summed E-state index contributed by atoms with van der Waals surface area (Å²) < 4.78 is 36.9. The third kappa shape index (κ3) is 4.29. The highest BCUT2D eigenvalue weighted by Crippen LogP contribution is 2.36. The number of rotatable bonds is 6. The number of benzene rings is 2. The van der Waals surface area contributed by atoms with Gasteiger partial charge in [0.15, 0.2) is 0 Å². The number of aryl methyl sites for hydroxylation is 2. The van der Waals surface area contributed by atoms with Crippen molar-refractivity contribution in [1.82, 2.24) is 9.55 Å². The van der Waals surface area contributed by atoms with Crippen molar-refractivity contribution in [3.63, 3.8) is 0 Å². The second-order valence-corrected chi connectivity index (χ2v) is 11.6. The highest BCUT2D eigenvalue weighted by molar-refractivity contribution is 7.92. The van der Waals surface area contributed by atoms with Crippen molar-refractivity contribution >= 4 is 26.7 Å². The van der Waals surface area contributed by atoms with Gasteiger partial charge in [0.05, 0.1) is 21.6 Å². The van der Waals surface area contributed by atoms with Gasteiger partial charge in [0.25, 0.3) is 10.0 Å². The van der Waals surface area contributed by atoms with E-state index in [1.54, 1.807) is 27.1 Å². The zero-order chi connectivity index (χ0) is 23.9. The van der Waals surface area contributed by atoms with E-state index in [2.05, 4.69) is 4.98 Å².